The molecule has 2 unspecified atom stereocenters. The van der Waals surface area contributed by atoms with E-state index in [9.17, 15) is 19.8 Å². The Balaban J connectivity index is 3.36. The van der Waals surface area contributed by atoms with E-state index < -0.39 is 12.1 Å². The predicted molar refractivity (Wildman–Crippen MR) is 366 cm³/mol. The number of carbonyl (C=O) groups excluding carboxylic acids is 2. The number of hydrogen-bond acceptors (Lipinski definition) is 5. The van der Waals surface area contributed by atoms with Crippen LogP contribution in [0, 0.1) is 0 Å². The average molecular weight is 1170 g/mol. The third-order valence-corrected chi connectivity index (χ3v) is 17.7. The van der Waals surface area contributed by atoms with Crippen LogP contribution in [-0.4, -0.2) is 47.4 Å². The summed E-state index contributed by atoms with van der Waals surface area (Å²) in [6, 6.07) is -0.541. The van der Waals surface area contributed by atoms with Gasteiger partial charge in [-0.05, 0) is 83.5 Å². The second-order valence-electron chi connectivity index (χ2n) is 26.0. The average Bonchev–Trinajstić information content (AvgIpc) is 3.49. The van der Waals surface area contributed by atoms with E-state index in [1.54, 1.807) is 0 Å². The first-order valence-electron chi connectivity index (χ1n) is 37.7. The number of aliphatic hydroxyl groups excluding tert-OH is 2. The van der Waals surface area contributed by atoms with Crippen LogP contribution in [0.25, 0.3) is 0 Å². The molecule has 0 aromatic carbocycles. The number of esters is 1. The van der Waals surface area contributed by atoms with E-state index in [1.165, 1.54) is 334 Å². The van der Waals surface area contributed by atoms with Crippen molar-refractivity contribution < 1.29 is 24.5 Å². The summed E-state index contributed by atoms with van der Waals surface area (Å²) in [5.41, 5.74) is 0. The van der Waals surface area contributed by atoms with Crippen molar-refractivity contribution in [1.29, 1.82) is 0 Å². The zero-order valence-electron chi connectivity index (χ0n) is 56.2. The van der Waals surface area contributed by atoms with Crippen LogP contribution in [0.1, 0.15) is 418 Å². The highest BCUT2D eigenvalue weighted by Crippen LogP contribution is 2.19. The van der Waals surface area contributed by atoms with Crippen LogP contribution in [0.2, 0.25) is 0 Å². The molecule has 2 atom stereocenters. The molecule has 3 N–H and O–H groups in total. The third kappa shape index (κ3) is 69.1. The molecule has 0 aliphatic heterocycles. The van der Waals surface area contributed by atoms with Gasteiger partial charge in [0.25, 0.3) is 0 Å². The summed E-state index contributed by atoms with van der Waals surface area (Å²) in [5, 5.41) is 23.4. The summed E-state index contributed by atoms with van der Waals surface area (Å²) in [6.07, 6.45) is 93.5. The number of nitrogens with one attached hydrogen (secondary N) is 1. The zero-order chi connectivity index (χ0) is 59.9. The minimum atomic E-state index is -0.664. The first-order chi connectivity index (χ1) is 41.0. The minimum Gasteiger partial charge on any atom is -0.466 e. The molecule has 6 nitrogen and oxygen atoms in total. The van der Waals surface area contributed by atoms with Crippen molar-refractivity contribution in [1.82, 2.24) is 5.32 Å². The molecule has 0 aromatic rings. The number of hydrogen-bond donors (Lipinski definition) is 3. The van der Waals surface area contributed by atoms with Crippen LogP contribution >= 0.6 is 0 Å². The number of unbranched alkanes of at least 4 members (excludes halogenated alkanes) is 54. The molecule has 0 aliphatic carbocycles. The summed E-state index contributed by atoms with van der Waals surface area (Å²) < 4.78 is 5.50. The van der Waals surface area contributed by atoms with E-state index in [1.807, 2.05) is 0 Å². The van der Waals surface area contributed by atoms with E-state index in [0.29, 0.717) is 25.9 Å². The molecule has 0 aliphatic rings. The first kappa shape index (κ1) is 81.1. The van der Waals surface area contributed by atoms with Crippen molar-refractivity contribution in [2.45, 2.75) is 431 Å². The Hall–Kier alpha value is -1.92. The first-order valence-corrected chi connectivity index (χ1v) is 37.7. The van der Waals surface area contributed by atoms with Crippen molar-refractivity contribution in [3.8, 4) is 0 Å². The number of rotatable bonds is 71. The Morgan fingerprint density at radius 3 is 0.952 bits per heavy atom. The van der Waals surface area contributed by atoms with Crippen molar-refractivity contribution in [3.63, 3.8) is 0 Å². The van der Waals surface area contributed by atoms with Gasteiger partial charge in [-0.3, -0.25) is 9.59 Å². The Morgan fingerprint density at radius 2 is 0.602 bits per heavy atom. The van der Waals surface area contributed by atoms with E-state index in [-0.39, 0.29) is 18.5 Å². The van der Waals surface area contributed by atoms with Crippen molar-refractivity contribution in [2.75, 3.05) is 13.2 Å². The second-order valence-corrected chi connectivity index (χ2v) is 26.0. The highest BCUT2D eigenvalue weighted by molar-refractivity contribution is 5.76. The van der Waals surface area contributed by atoms with Gasteiger partial charge in [-0.1, -0.05) is 359 Å². The number of ether oxygens (including phenoxy) is 1. The lowest BCUT2D eigenvalue weighted by Crippen LogP contribution is -2.45. The molecule has 0 saturated heterocycles. The number of allylic oxidation sites excluding steroid dienone is 6. The molecular formula is C77H147NO5. The van der Waals surface area contributed by atoms with Gasteiger partial charge in [0.2, 0.25) is 5.91 Å². The summed E-state index contributed by atoms with van der Waals surface area (Å²) in [5.74, 6) is -0.0194. The van der Waals surface area contributed by atoms with Crippen LogP contribution in [0.4, 0.5) is 0 Å². The van der Waals surface area contributed by atoms with Gasteiger partial charge in [0, 0.05) is 12.8 Å². The molecule has 0 aromatic heterocycles. The maximum absolute atomic E-state index is 12.5. The predicted octanol–water partition coefficient (Wildman–Crippen LogP) is 24.7. The van der Waals surface area contributed by atoms with Gasteiger partial charge in [0.1, 0.15) is 0 Å². The van der Waals surface area contributed by atoms with Gasteiger partial charge < -0.3 is 20.3 Å². The molecule has 0 radical (unpaired) electrons. The monoisotopic (exact) mass is 1170 g/mol. The molecule has 83 heavy (non-hydrogen) atoms. The summed E-state index contributed by atoms with van der Waals surface area (Å²) in [6.45, 7) is 4.97. The van der Waals surface area contributed by atoms with E-state index in [2.05, 4.69) is 55.6 Å². The third-order valence-electron chi connectivity index (χ3n) is 17.7. The fourth-order valence-corrected chi connectivity index (χ4v) is 11.9. The lowest BCUT2D eigenvalue weighted by molar-refractivity contribution is -0.143. The lowest BCUT2D eigenvalue weighted by Gasteiger charge is -2.22. The van der Waals surface area contributed by atoms with E-state index in [4.69, 9.17) is 4.74 Å². The number of aliphatic hydroxyl groups is 2. The Bertz CT molecular complexity index is 1340. The zero-order valence-corrected chi connectivity index (χ0v) is 56.2. The van der Waals surface area contributed by atoms with E-state index in [0.717, 1.165) is 51.4 Å². The van der Waals surface area contributed by atoms with Crippen LogP contribution in [0.3, 0.4) is 0 Å². The molecule has 1 amide bonds. The standard InChI is InChI=1S/C77H147NO5/c1-3-5-7-9-11-13-15-17-19-21-34-38-41-45-49-53-57-61-65-69-75(80)74(73-79)78-76(81)70-66-62-58-54-50-46-42-39-35-32-30-28-26-24-22-23-25-27-29-31-33-36-40-44-48-52-56-60-64-68-72-83-77(82)71-67-63-59-55-51-47-43-37-20-18-16-14-12-10-8-6-4-2/h12,14,18,20,23,25,74-75,79-80H,3-11,13,15-17,19,21-22,24,26-73H2,1-2H3,(H,78,81)/b14-12-,20-18-,25-23-. The molecule has 0 bridgehead atoms. The largest absolute Gasteiger partial charge is 0.466 e. The highest BCUT2D eigenvalue weighted by Gasteiger charge is 2.20. The SMILES string of the molecule is CCCCC/C=C\C/C=C\CCCCCCCCCC(=O)OCCCCCCCCCCCCCC/C=C\CCCCCCCCCCCCCCCCC(=O)NC(CO)C(O)CCCCCCCCCCCCCCCCCCCCC. The van der Waals surface area contributed by atoms with E-state index >= 15 is 0 Å². The maximum Gasteiger partial charge on any atom is 0.305 e. The van der Waals surface area contributed by atoms with Gasteiger partial charge in [-0.2, -0.15) is 0 Å². The smallest absolute Gasteiger partial charge is 0.305 e. The van der Waals surface area contributed by atoms with Gasteiger partial charge in [-0.15, -0.1) is 0 Å². The van der Waals surface area contributed by atoms with Crippen molar-refractivity contribution in [2.24, 2.45) is 0 Å². The molecule has 0 heterocycles. The van der Waals surface area contributed by atoms with Crippen LogP contribution in [0.5, 0.6) is 0 Å². The van der Waals surface area contributed by atoms with Crippen molar-refractivity contribution in [3.05, 3.63) is 36.5 Å². The topological polar surface area (TPSA) is 95.9 Å². The van der Waals surface area contributed by atoms with Gasteiger partial charge in [0.05, 0.1) is 25.4 Å². The van der Waals surface area contributed by atoms with Gasteiger partial charge in [0.15, 0.2) is 0 Å². The summed E-state index contributed by atoms with van der Waals surface area (Å²) in [7, 11) is 0. The molecule has 0 fully saturated rings. The number of amides is 1. The summed E-state index contributed by atoms with van der Waals surface area (Å²) >= 11 is 0. The fourth-order valence-electron chi connectivity index (χ4n) is 11.9. The normalized spacial score (nSPS) is 12.7. The van der Waals surface area contributed by atoms with Gasteiger partial charge >= 0.3 is 5.97 Å². The highest BCUT2D eigenvalue weighted by atomic mass is 16.5. The second kappa shape index (κ2) is 72.6. The van der Waals surface area contributed by atoms with Crippen LogP contribution in [0.15, 0.2) is 36.5 Å². The molecular weight excluding hydrogens is 1020 g/mol. The molecule has 0 rings (SSSR count). The molecule has 0 spiro atoms. The van der Waals surface area contributed by atoms with Crippen LogP contribution < -0.4 is 5.32 Å². The number of carbonyl (C=O) groups is 2. The minimum absolute atomic E-state index is 0.00997. The molecule has 6 heteroatoms. The maximum atomic E-state index is 12.5. The summed E-state index contributed by atoms with van der Waals surface area (Å²) in [4.78, 5) is 24.6. The quantitative estimate of drug-likeness (QED) is 0.0320. The van der Waals surface area contributed by atoms with Crippen molar-refractivity contribution >= 4 is 11.9 Å². The molecule has 0 saturated carbocycles. The fraction of sp³-hybridized carbons (Fsp3) is 0.896. The van der Waals surface area contributed by atoms with Gasteiger partial charge in [-0.25, -0.2) is 0 Å². The van der Waals surface area contributed by atoms with Crippen LogP contribution in [-0.2, 0) is 14.3 Å². The lowest BCUT2D eigenvalue weighted by atomic mass is 10.0. The molecule has 490 valence electrons. The Kier molecular flexibility index (Phi) is 70.9. The Morgan fingerprint density at radius 1 is 0.337 bits per heavy atom. The Labute approximate surface area is 519 Å².